The minimum atomic E-state index is -0.554. The van der Waals surface area contributed by atoms with Crippen molar-refractivity contribution in [3.05, 3.63) is 241 Å². The van der Waals surface area contributed by atoms with Crippen molar-refractivity contribution in [3.63, 3.8) is 0 Å². The Labute approximate surface area is 337 Å². The topological polar surface area (TPSA) is 24.9 Å². The monoisotopic (exact) mass is 734 g/mol. The molecule has 1 aliphatic carbocycles. The molecule has 0 bridgehead atoms. The van der Waals surface area contributed by atoms with Crippen molar-refractivity contribution >= 4 is 5.57 Å². The largest absolute Gasteiger partial charge is 0.387 e. The van der Waals surface area contributed by atoms with Crippen LogP contribution in [-0.4, -0.2) is 11.5 Å². The second kappa shape index (κ2) is 16.4. The second-order valence-electron chi connectivity index (χ2n) is 14.5. The summed E-state index contributed by atoms with van der Waals surface area (Å²) >= 11 is 0. The fraction of sp³-hybridized carbons (Fsp3) is 0.0727. The van der Waals surface area contributed by atoms with Crippen molar-refractivity contribution in [3.8, 4) is 55.9 Å². The average molecular weight is 735 g/mol. The van der Waals surface area contributed by atoms with E-state index in [0.717, 1.165) is 62.4 Å². The molecule has 2 aliphatic rings. The predicted molar refractivity (Wildman–Crippen MR) is 243 cm³/mol. The lowest BCUT2D eigenvalue weighted by Gasteiger charge is -2.36. The Hall–Kier alpha value is -7.03. The van der Waals surface area contributed by atoms with Crippen molar-refractivity contribution in [2.24, 2.45) is 0 Å². The molecule has 0 radical (unpaired) electrons. The Bertz CT molecular complexity index is 2610. The first-order chi connectivity index (χ1) is 28.0. The lowest BCUT2D eigenvalue weighted by atomic mass is 9.66. The van der Waals surface area contributed by atoms with Gasteiger partial charge in [-0.15, -0.1) is 0 Å². The number of allylic oxidation sites excluding steroid dienone is 12. The van der Waals surface area contributed by atoms with Gasteiger partial charge in [-0.3, -0.25) is 0 Å². The van der Waals surface area contributed by atoms with Crippen LogP contribution in [0.2, 0.25) is 0 Å². The van der Waals surface area contributed by atoms with E-state index < -0.39 is 5.41 Å². The Morgan fingerprint density at radius 2 is 1.26 bits per heavy atom. The maximum atomic E-state index is 5.12. The van der Waals surface area contributed by atoms with Gasteiger partial charge in [-0.25, -0.2) is 4.98 Å². The average Bonchev–Trinajstić information content (AvgIpc) is 3.54. The number of aromatic nitrogens is 1. The van der Waals surface area contributed by atoms with Crippen LogP contribution in [-0.2, 0) is 5.41 Å². The zero-order valence-corrected chi connectivity index (χ0v) is 32.6. The Morgan fingerprint density at radius 3 is 1.88 bits per heavy atom. The summed E-state index contributed by atoms with van der Waals surface area (Å²) in [6.45, 7) is 13.9. The van der Waals surface area contributed by atoms with Gasteiger partial charge in [0.1, 0.15) is 0 Å². The van der Waals surface area contributed by atoms with E-state index in [1.54, 1.807) is 0 Å². The molecule has 1 aromatic heterocycles. The van der Waals surface area contributed by atoms with Crippen LogP contribution in [0.1, 0.15) is 25.0 Å². The van der Waals surface area contributed by atoms with Gasteiger partial charge >= 0.3 is 0 Å². The van der Waals surface area contributed by atoms with E-state index in [9.17, 15) is 0 Å². The van der Waals surface area contributed by atoms with Crippen molar-refractivity contribution in [1.82, 2.24) is 10.3 Å². The fourth-order valence-corrected chi connectivity index (χ4v) is 8.40. The summed E-state index contributed by atoms with van der Waals surface area (Å²) in [5.74, 6) is 0. The number of pyridine rings is 1. The molecular formula is C55H46N2. The Balaban J connectivity index is 1.25. The van der Waals surface area contributed by atoms with Gasteiger partial charge in [0.05, 0.1) is 16.8 Å². The van der Waals surface area contributed by atoms with Crippen LogP contribution in [0.15, 0.2) is 230 Å². The number of nitrogens with one attached hydrogen (secondary N) is 1. The minimum Gasteiger partial charge on any atom is -0.387 e. The molecule has 2 heterocycles. The molecule has 0 fully saturated rings. The first-order valence-electron chi connectivity index (χ1n) is 19.6. The summed E-state index contributed by atoms with van der Waals surface area (Å²) in [6, 6.07) is 49.8. The van der Waals surface area contributed by atoms with Gasteiger partial charge in [-0.2, -0.15) is 0 Å². The summed E-state index contributed by atoms with van der Waals surface area (Å²) in [5.41, 5.74) is 17.5. The highest BCUT2D eigenvalue weighted by Crippen LogP contribution is 2.57. The van der Waals surface area contributed by atoms with E-state index >= 15 is 0 Å². The summed E-state index contributed by atoms with van der Waals surface area (Å²) < 4.78 is 0. The maximum absolute atomic E-state index is 5.12. The molecule has 0 amide bonds. The van der Waals surface area contributed by atoms with Gasteiger partial charge in [0.25, 0.3) is 0 Å². The Kier molecular flexibility index (Phi) is 10.6. The molecule has 6 aromatic rings. The fourth-order valence-electron chi connectivity index (χ4n) is 8.40. The van der Waals surface area contributed by atoms with Crippen LogP contribution >= 0.6 is 0 Å². The highest BCUT2D eigenvalue weighted by atomic mass is 14.8. The van der Waals surface area contributed by atoms with Crippen molar-refractivity contribution in [2.45, 2.75) is 19.3 Å². The van der Waals surface area contributed by atoms with Gasteiger partial charge in [-0.1, -0.05) is 183 Å². The van der Waals surface area contributed by atoms with E-state index in [1.807, 2.05) is 37.3 Å². The third kappa shape index (κ3) is 7.03. The Morgan fingerprint density at radius 1 is 0.667 bits per heavy atom. The number of dihydropyridines is 1. The van der Waals surface area contributed by atoms with E-state index in [1.165, 1.54) is 33.4 Å². The zero-order valence-electron chi connectivity index (χ0n) is 32.6. The predicted octanol–water partition coefficient (Wildman–Crippen LogP) is 13.9. The van der Waals surface area contributed by atoms with Crippen molar-refractivity contribution in [1.29, 1.82) is 0 Å². The van der Waals surface area contributed by atoms with E-state index in [4.69, 9.17) is 11.6 Å². The van der Waals surface area contributed by atoms with Crippen LogP contribution in [0.5, 0.6) is 0 Å². The van der Waals surface area contributed by atoms with E-state index in [0.29, 0.717) is 0 Å². The number of benzene rings is 5. The van der Waals surface area contributed by atoms with Gasteiger partial charge in [-0.05, 0) is 105 Å². The molecule has 276 valence electrons. The number of fused-ring (bicyclic) bond motifs is 1. The van der Waals surface area contributed by atoms with E-state index in [-0.39, 0.29) is 0 Å². The number of hydrogen-bond donors (Lipinski definition) is 1. The highest BCUT2D eigenvalue weighted by Gasteiger charge is 2.47. The molecule has 57 heavy (non-hydrogen) atoms. The van der Waals surface area contributed by atoms with Crippen molar-refractivity contribution < 1.29 is 0 Å². The molecule has 0 spiro atoms. The molecular weight excluding hydrogens is 689 g/mol. The van der Waals surface area contributed by atoms with Gasteiger partial charge in [0.2, 0.25) is 0 Å². The minimum absolute atomic E-state index is 0.554. The normalized spacial score (nSPS) is 16.3. The van der Waals surface area contributed by atoms with Crippen LogP contribution in [0.4, 0.5) is 0 Å². The molecule has 2 nitrogen and oxygen atoms in total. The van der Waals surface area contributed by atoms with Crippen LogP contribution in [0.3, 0.4) is 0 Å². The number of hydrogen-bond acceptors (Lipinski definition) is 2. The van der Waals surface area contributed by atoms with E-state index in [2.05, 4.69) is 189 Å². The molecule has 0 saturated heterocycles. The van der Waals surface area contributed by atoms with Gasteiger partial charge in [0.15, 0.2) is 0 Å². The molecule has 8 rings (SSSR count). The van der Waals surface area contributed by atoms with Gasteiger partial charge in [0, 0.05) is 23.9 Å². The summed E-state index contributed by atoms with van der Waals surface area (Å²) in [7, 11) is 0. The smallest absolute Gasteiger partial charge is 0.0715 e. The highest BCUT2D eigenvalue weighted by molar-refractivity contribution is 5.97. The standard InChI is InChI=1S/C55H46N2/c1-5-7-11-20-39(3)55(48-29-19-33-56-38-48)40(4)49(30-8-6-2)54-50(31-18-32-51(54)55)46-28-17-26-44(35-46)43-25-16-27-45(34-43)47-36-52(41-21-12-9-13-22-41)57-53(37-47)42-23-14-10-15-24-42/h5-32,34-38,56H,2-3,33H2,1,4H3/b7-5-,20-11-,30-8-. The second-order valence-corrected chi connectivity index (χ2v) is 14.5. The molecule has 1 N–H and O–H groups in total. The van der Waals surface area contributed by atoms with Gasteiger partial charge < -0.3 is 5.32 Å². The number of rotatable bonds is 11. The first-order valence-corrected chi connectivity index (χ1v) is 19.6. The summed E-state index contributed by atoms with van der Waals surface area (Å²) in [5, 5.41) is 3.49. The third-order valence-electron chi connectivity index (χ3n) is 11.1. The van der Waals surface area contributed by atoms with Crippen molar-refractivity contribution in [2.75, 3.05) is 6.54 Å². The summed E-state index contributed by atoms with van der Waals surface area (Å²) in [6.07, 6.45) is 21.1. The molecule has 1 atom stereocenters. The maximum Gasteiger partial charge on any atom is 0.0715 e. The number of nitrogens with zero attached hydrogens (tertiary/aromatic N) is 1. The molecule has 1 aliphatic heterocycles. The molecule has 5 aromatic carbocycles. The van der Waals surface area contributed by atoms with Crippen LogP contribution in [0, 0.1) is 0 Å². The van der Waals surface area contributed by atoms with Crippen LogP contribution in [0.25, 0.3) is 61.5 Å². The third-order valence-corrected chi connectivity index (χ3v) is 11.1. The molecule has 0 saturated carbocycles. The molecule has 2 heteroatoms. The van der Waals surface area contributed by atoms with Crippen LogP contribution < -0.4 is 5.32 Å². The molecule has 1 unspecified atom stereocenters. The lowest BCUT2D eigenvalue weighted by molar-refractivity contribution is 0.724. The zero-order chi connectivity index (χ0) is 39.2. The quantitative estimate of drug-likeness (QED) is 0.134. The lowest BCUT2D eigenvalue weighted by Crippen LogP contribution is -2.32. The SMILES string of the molecule is C=C/C=C\C1=C(C)C(C(=C)/C=C\C=C/C)(C2=CNCC=C2)c2cccc(-c3cccc(-c4cccc(-c5cc(-c6ccccc6)nc(-c6ccccc6)c5)c4)c3)c21. The summed E-state index contributed by atoms with van der Waals surface area (Å²) in [4.78, 5) is 5.12. The first kappa shape index (κ1) is 36.9.